The van der Waals surface area contributed by atoms with E-state index in [2.05, 4.69) is 49.5 Å². The van der Waals surface area contributed by atoms with E-state index < -0.39 is 0 Å². The molecule has 0 spiro atoms. The SMILES string of the molecule is [C-]#[N+]C([N+]#[C-])=C1c2ccccc2-c2nc3c(C(C)C)c4nc5c(nc4c(C(C)C)c3nc21)-c1ccccc1C5=C(C#N)C#N. The molecular weight excluding hydrogens is 544 g/mol. The van der Waals surface area contributed by atoms with Crippen molar-refractivity contribution in [3.63, 3.8) is 0 Å². The summed E-state index contributed by atoms with van der Waals surface area (Å²) in [5.41, 5.74) is 10.9. The van der Waals surface area contributed by atoms with Gasteiger partial charge in [-0.05, 0) is 23.0 Å². The summed E-state index contributed by atoms with van der Waals surface area (Å²) in [5, 5.41) is 19.8. The van der Waals surface area contributed by atoms with E-state index in [9.17, 15) is 10.5 Å². The third-order valence-corrected chi connectivity index (χ3v) is 8.25. The Bertz CT molecular complexity index is 2180. The van der Waals surface area contributed by atoms with Gasteiger partial charge in [0.1, 0.15) is 36.4 Å². The predicted octanol–water partition coefficient (Wildman–Crippen LogP) is 8.19. The number of hydrogen-bond acceptors (Lipinski definition) is 6. The smallest absolute Gasteiger partial charge is 0.244 e. The highest BCUT2D eigenvalue weighted by atomic mass is 14.9. The van der Waals surface area contributed by atoms with Crippen LogP contribution in [0.1, 0.15) is 73.2 Å². The lowest BCUT2D eigenvalue weighted by Gasteiger charge is -2.20. The van der Waals surface area contributed by atoms with Crippen LogP contribution in [0.15, 0.2) is 59.9 Å². The van der Waals surface area contributed by atoms with Gasteiger partial charge in [-0.25, -0.2) is 19.9 Å². The molecule has 2 heterocycles. The summed E-state index contributed by atoms with van der Waals surface area (Å²) in [6.45, 7) is 23.7. The molecule has 0 saturated heterocycles. The molecule has 0 N–H and O–H groups in total. The third-order valence-electron chi connectivity index (χ3n) is 8.25. The molecule has 5 aromatic rings. The molecule has 2 aromatic heterocycles. The molecule has 2 aliphatic carbocycles. The zero-order chi connectivity index (χ0) is 30.9. The summed E-state index contributed by atoms with van der Waals surface area (Å²) in [6, 6.07) is 19.4. The first-order valence-electron chi connectivity index (χ1n) is 14.2. The van der Waals surface area contributed by atoms with Gasteiger partial charge in [-0.1, -0.05) is 76.2 Å². The molecule has 7 rings (SSSR count). The Balaban J connectivity index is 1.70. The molecule has 0 amide bonds. The summed E-state index contributed by atoms with van der Waals surface area (Å²) in [5.74, 6) is -0.101. The average molecular weight is 567 g/mol. The molecule has 0 radical (unpaired) electrons. The van der Waals surface area contributed by atoms with Gasteiger partial charge < -0.3 is 0 Å². The quantitative estimate of drug-likeness (QED) is 0.119. The third kappa shape index (κ3) is 3.46. The molecule has 0 fully saturated rings. The van der Waals surface area contributed by atoms with Crippen LogP contribution < -0.4 is 0 Å². The summed E-state index contributed by atoms with van der Waals surface area (Å²) in [4.78, 5) is 28.0. The van der Waals surface area contributed by atoms with E-state index in [4.69, 9.17) is 33.1 Å². The van der Waals surface area contributed by atoms with Crippen LogP contribution in [0.4, 0.5) is 0 Å². The van der Waals surface area contributed by atoms with E-state index in [-0.39, 0.29) is 23.2 Å². The zero-order valence-electron chi connectivity index (χ0n) is 24.4. The molecule has 3 aromatic carbocycles. The first-order chi connectivity index (χ1) is 21.3. The maximum Gasteiger partial charge on any atom is 0.529 e. The van der Waals surface area contributed by atoms with Crippen LogP contribution >= 0.6 is 0 Å². The highest BCUT2D eigenvalue weighted by molar-refractivity contribution is 6.09. The van der Waals surface area contributed by atoms with Crippen molar-refractivity contribution in [2.24, 2.45) is 0 Å². The second-order valence-corrected chi connectivity index (χ2v) is 11.4. The van der Waals surface area contributed by atoms with Gasteiger partial charge in [0.05, 0.1) is 44.8 Å². The van der Waals surface area contributed by atoms with Crippen LogP contribution in [-0.2, 0) is 0 Å². The van der Waals surface area contributed by atoms with Gasteiger partial charge in [-0.3, -0.25) is 0 Å². The molecular formula is C36H22N8. The lowest BCUT2D eigenvalue weighted by atomic mass is 9.91. The van der Waals surface area contributed by atoms with Gasteiger partial charge in [-0.15, -0.1) is 0 Å². The van der Waals surface area contributed by atoms with Crippen molar-refractivity contribution < 1.29 is 0 Å². The van der Waals surface area contributed by atoms with Crippen molar-refractivity contribution in [3.8, 4) is 34.7 Å². The van der Waals surface area contributed by atoms with Crippen molar-refractivity contribution in [2.75, 3.05) is 0 Å². The molecule has 2 aliphatic rings. The van der Waals surface area contributed by atoms with Crippen LogP contribution in [0.3, 0.4) is 0 Å². The van der Waals surface area contributed by atoms with Gasteiger partial charge in [0.25, 0.3) is 0 Å². The summed E-state index contributed by atoms with van der Waals surface area (Å²) in [7, 11) is 0. The zero-order valence-corrected chi connectivity index (χ0v) is 24.4. The lowest BCUT2D eigenvalue weighted by Crippen LogP contribution is -2.08. The van der Waals surface area contributed by atoms with Crippen molar-refractivity contribution in [3.05, 3.63) is 116 Å². The van der Waals surface area contributed by atoms with Gasteiger partial charge in [0.15, 0.2) is 0 Å². The number of nitriles is 2. The highest BCUT2D eigenvalue weighted by Gasteiger charge is 2.36. The Morgan fingerprint density at radius 2 is 0.955 bits per heavy atom. The first-order valence-corrected chi connectivity index (χ1v) is 14.2. The molecule has 0 atom stereocenters. The minimum absolute atomic E-state index is 0.00947. The fourth-order valence-electron chi connectivity index (χ4n) is 6.49. The predicted molar refractivity (Wildman–Crippen MR) is 168 cm³/mol. The number of nitrogens with zero attached hydrogens (tertiary/aromatic N) is 8. The van der Waals surface area contributed by atoms with E-state index in [1.54, 1.807) is 0 Å². The number of benzene rings is 3. The van der Waals surface area contributed by atoms with Crippen molar-refractivity contribution in [2.45, 2.75) is 39.5 Å². The van der Waals surface area contributed by atoms with Crippen LogP contribution in [0.5, 0.6) is 0 Å². The van der Waals surface area contributed by atoms with Gasteiger partial charge in [0, 0.05) is 27.8 Å². The summed E-state index contributed by atoms with van der Waals surface area (Å²) < 4.78 is 0. The number of rotatable bonds is 2. The largest absolute Gasteiger partial charge is 0.529 e. The molecule has 206 valence electrons. The average Bonchev–Trinajstić information content (AvgIpc) is 3.51. The maximum atomic E-state index is 9.88. The summed E-state index contributed by atoms with van der Waals surface area (Å²) >= 11 is 0. The van der Waals surface area contributed by atoms with Crippen molar-refractivity contribution in [1.82, 2.24) is 19.9 Å². The minimum Gasteiger partial charge on any atom is -0.244 e. The Morgan fingerprint density at radius 1 is 0.591 bits per heavy atom. The molecule has 0 aliphatic heterocycles. The molecule has 0 saturated carbocycles. The monoisotopic (exact) mass is 566 g/mol. The standard InChI is InChI=1S/C36H22N8/c1-17(2)24-31-33(44-35-27(36(39-5)40-6)21-12-8-10-14-23(21)29(35)42-31)25(18(3)4)30-32(24)43-34-26(19(15-37)16-38)20-11-7-9-13-22(20)28(34)41-30/h7-14,17-18H,1-4H3. The van der Waals surface area contributed by atoms with Gasteiger partial charge in [0.2, 0.25) is 0 Å². The van der Waals surface area contributed by atoms with Crippen molar-refractivity contribution >= 4 is 33.2 Å². The number of fused-ring (bicyclic) bond motifs is 8. The first kappa shape index (κ1) is 26.7. The van der Waals surface area contributed by atoms with Crippen LogP contribution in [0.25, 0.3) is 65.4 Å². The highest BCUT2D eigenvalue weighted by Crippen LogP contribution is 2.49. The molecule has 44 heavy (non-hydrogen) atoms. The summed E-state index contributed by atoms with van der Waals surface area (Å²) in [6.07, 6.45) is 0. The molecule has 0 unspecified atom stereocenters. The molecule has 8 nitrogen and oxygen atoms in total. The minimum atomic E-state index is -0.0415. The van der Waals surface area contributed by atoms with Gasteiger partial charge in [-0.2, -0.15) is 20.2 Å². The lowest BCUT2D eigenvalue weighted by molar-refractivity contribution is 0.860. The van der Waals surface area contributed by atoms with E-state index in [1.807, 2.05) is 48.5 Å². The van der Waals surface area contributed by atoms with Crippen LogP contribution in [0, 0.1) is 35.8 Å². The van der Waals surface area contributed by atoms with E-state index in [1.165, 1.54) is 0 Å². The normalized spacial score (nSPS) is 12.3. The Hall–Kier alpha value is -6.22. The Labute approximate surface area is 253 Å². The van der Waals surface area contributed by atoms with E-state index in [0.717, 1.165) is 33.4 Å². The number of hydrogen-bond donors (Lipinski definition) is 0. The molecule has 0 bridgehead atoms. The van der Waals surface area contributed by atoms with Crippen LogP contribution in [-0.4, -0.2) is 19.9 Å². The molecule has 8 heteroatoms. The Morgan fingerprint density at radius 3 is 1.34 bits per heavy atom. The van der Waals surface area contributed by atoms with E-state index >= 15 is 0 Å². The topological polar surface area (TPSA) is 108 Å². The maximum absolute atomic E-state index is 9.88. The second kappa shape index (κ2) is 9.67. The van der Waals surface area contributed by atoms with E-state index in [0.29, 0.717) is 56.0 Å². The Kier molecular flexibility index (Phi) is 5.86. The fourth-order valence-corrected chi connectivity index (χ4v) is 6.49. The van der Waals surface area contributed by atoms with Crippen LogP contribution in [0.2, 0.25) is 0 Å². The second-order valence-electron chi connectivity index (χ2n) is 11.4. The fraction of sp³-hybridized carbons (Fsp3) is 0.167. The number of aromatic nitrogens is 4. The number of allylic oxidation sites excluding steroid dienone is 1. The van der Waals surface area contributed by atoms with Crippen molar-refractivity contribution in [1.29, 1.82) is 10.5 Å². The van der Waals surface area contributed by atoms with Gasteiger partial charge >= 0.3 is 5.82 Å².